The first-order chi connectivity index (χ1) is 7.63. The lowest BCUT2D eigenvalue weighted by Crippen LogP contribution is -2.21. The number of aromatic hydroxyl groups is 1. The van der Waals surface area contributed by atoms with Gasteiger partial charge < -0.3 is 20.8 Å². The van der Waals surface area contributed by atoms with Gasteiger partial charge in [-0.1, -0.05) is 6.07 Å². The van der Waals surface area contributed by atoms with Crippen LogP contribution < -0.4 is 10.6 Å². The molecule has 0 bridgehead atoms. The Bertz CT molecular complexity index is 338. The fraction of sp³-hybridized carbons (Fsp3) is 0.500. The molecule has 1 aromatic carbocycles. The van der Waals surface area contributed by atoms with Gasteiger partial charge in [-0.05, 0) is 19.9 Å². The lowest BCUT2D eigenvalue weighted by Gasteiger charge is -2.22. The van der Waals surface area contributed by atoms with E-state index in [4.69, 9.17) is 5.73 Å². The maximum absolute atomic E-state index is 9.79. The number of aliphatic hydroxyl groups excluding tert-OH is 1. The van der Waals surface area contributed by atoms with Gasteiger partial charge in [0.15, 0.2) is 0 Å². The highest BCUT2D eigenvalue weighted by Gasteiger charge is 2.12. The zero-order chi connectivity index (χ0) is 12.1. The third-order valence-electron chi connectivity index (χ3n) is 2.72. The number of anilines is 1. The van der Waals surface area contributed by atoms with Crippen LogP contribution in [0.25, 0.3) is 0 Å². The van der Waals surface area contributed by atoms with Crippen LogP contribution in [0.1, 0.15) is 25.5 Å². The van der Waals surface area contributed by atoms with E-state index in [1.54, 1.807) is 12.1 Å². The van der Waals surface area contributed by atoms with Crippen LogP contribution in [0.2, 0.25) is 0 Å². The monoisotopic (exact) mass is 224 g/mol. The van der Waals surface area contributed by atoms with E-state index in [-0.39, 0.29) is 12.3 Å². The predicted octanol–water partition coefficient (Wildman–Crippen LogP) is 1.23. The summed E-state index contributed by atoms with van der Waals surface area (Å²) in [5.74, 6) is 0.0994. The molecule has 0 aliphatic heterocycles. The van der Waals surface area contributed by atoms with Crippen LogP contribution in [-0.2, 0) is 0 Å². The van der Waals surface area contributed by atoms with Crippen molar-refractivity contribution in [3.63, 3.8) is 0 Å². The van der Waals surface area contributed by atoms with E-state index in [9.17, 15) is 10.2 Å². The van der Waals surface area contributed by atoms with Crippen LogP contribution >= 0.6 is 0 Å². The lowest BCUT2D eigenvalue weighted by molar-refractivity contribution is 0.182. The summed E-state index contributed by atoms with van der Waals surface area (Å²) in [6.07, 6.45) is -0.800. The van der Waals surface area contributed by atoms with Gasteiger partial charge in [0, 0.05) is 37.0 Å². The topological polar surface area (TPSA) is 69.7 Å². The SMILES string of the molecule is CCN(CC)c1ccc([C@H](O)CN)c(O)c1. The molecule has 4 nitrogen and oxygen atoms in total. The van der Waals surface area contributed by atoms with Crippen molar-refractivity contribution in [1.29, 1.82) is 0 Å². The first-order valence-corrected chi connectivity index (χ1v) is 5.60. The van der Waals surface area contributed by atoms with Gasteiger partial charge in [-0.15, -0.1) is 0 Å². The van der Waals surface area contributed by atoms with Crippen molar-refractivity contribution < 1.29 is 10.2 Å². The zero-order valence-electron chi connectivity index (χ0n) is 9.85. The first-order valence-electron chi connectivity index (χ1n) is 5.60. The van der Waals surface area contributed by atoms with Crippen LogP contribution in [0, 0.1) is 0 Å². The molecule has 0 aromatic heterocycles. The Morgan fingerprint density at radius 2 is 1.94 bits per heavy atom. The lowest BCUT2D eigenvalue weighted by atomic mass is 10.1. The normalized spacial score (nSPS) is 12.5. The van der Waals surface area contributed by atoms with Gasteiger partial charge in [-0.3, -0.25) is 0 Å². The van der Waals surface area contributed by atoms with Crippen molar-refractivity contribution >= 4 is 5.69 Å². The van der Waals surface area contributed by atoms with Crippen LogP contribution in [-0.4, -0.2) is 29.8 Å². The van der Waals surface area contributed by atoms with E-state index in [1.807, 2.05) is 6.07 Å². The predicted molar refractivity (Wildman–Crippen MR) is 65.7 cm³/mol. The van der Waals surface area contributed by atoms with E-state index in [2.05, 4.69) is 18.7 Å². The summed E-state index contributed by atoms with van der Waals surface area (Å²) < 4.78 is 0. The molecule has 4 heteroatoms. The highest BCUT2D eigenvalue weighted by molar-refractivity contribution is 5.53. The minimum atomic E-state index is -0.800. The summed E-state index contributed by atoms with van der Waals surface area (Å²) in [5.41, 5.74) is 6.79. The molecule has 0 fully saturated rings. The Kier molecular flexibility index (Phi) is 4.58. The number of phenolic OH excluding ortho intramolecular Hbond substituents is 1. The Balaban J connectivity index is 2.98. The smallest absolute Gasteiger partial charge is 0.123 e. The van der Waals surface area contributed by atoms with E-state index >= 15 is 0 Å². The van der Waals surface area contributed by atoms with Crippen LogP contribution in [0.4, 0.5) is 5.69 Å². The third kappa shape index (κ3) is 2.65. The average Bonchev–Trinajstić information content (AvgIpc) is 2.30. The maximum atomic E-state index is 9.79. The van der Waals surface area contributed by atoms with Crippen LogP contribution in [0.3, 0.4) is 0 Å². The Hall–Kier alpha value is -1.26. The molecule has 16 heavy (non-hydrogen) atoms. The van der Waals surface area contributed by atoms with Crippen molar-refractivity contribution in [3.05, 3.63) is 23.8 Å². The Labute approximate surface area is 96.3 Å². The highest BCUT2D eigenvalue weighted by atomic mass is 16.3. The number of nitrogens with two attached hydrogens (primary N) is 1. The molecule has 1 atom stereocenters. The Morgan fingerprint density at radius 1 is 1.31 bits per heavy atom. The van der Waals surface area contributed by atoms with Gasteiger partial charge in [-0.2, -0.15) is 0 Å². The summed E-state index contributed by atoms with van der Waals surface area (Å²) in [6, 6.07) is 5.28. The molecule has 0 amide bonds. The number of hydrogen-bond donors (Lipinski definition) is 3. The number of rotatable bonds is 5. The molecular weight excluding hydrogens is 204 g/mol. The molecule has 0 aliphatic rings. The molecule has 0 saturated carbocycles. The minimum absolute atomic E-state index is 0.0994. The fourth-order valence-electron chi connectivity index (χ4n) is 1.73. The molecule has 1 aromatic rings. The Morgan fingerprint density at radius 3 is 2.38 bits per heavy atom. The van der Waals surface area contributed by atoms with Crippen molar-refractivity contribution in [1.82, 2.24) is 0 Å². The fourth-order valence-corrected chi connectivity index (χ4v) is 1.73. The second kappa shape index (κ2) is 5.72. The van der Waals surface area contributed by atoms with Gasteiger partial charge in [0.2, 0.25) is 0 Å². The second-order valence-corrected chi connectivity index (χ2v) is 3.67. The second-order valence-electron chi connectivity index (χ2n) is 3.67. The van der Waals surface area contributed by atoms with E-state index in [0.717, 1.165) is 18.8 Å². The van der Waals surface area contributed by atoms with Gasteiger partial charge in [0.1, 0.15) is 5.75 Å². The molecule has 0 unspecified atom stereocenters. The quantitative estimate of drug-likeness (QED) is 0.703. The molecule has 0 saturated heterocycles. The molecular formula is C12H20N2O2. The van der Waals surface area contributed by atoms with Gasteiger partial charge in [0.25, 0.3) is 0 Å². The molecule has 0 heterocycles. The maximum Gasteiger partial charge on any atom is 0.123 e. The molecule has 0 radical (unpaired) electrons. The number of aliphatic hydroxyl groups is 1. The van der Waals surface area contributed by atoms with Crippen molar-refractivity contribution in [2.45, 2.75) is 20.0 Å². The largest absolute Gasteiger partial charge is 0.507 e. The molecule has 90 valence electrons. The van der Waals surface area contributed by atoms with Crippen molar-refractivity contribution in [2.75, 3.05) is 24.5 Å². The summed E-state index contributed by atoms with van der Waals surface area (Å²) in [4.78, 5) is 2.12. The summed E-state index contributed by atoms with van der Waals surface area (Å²) in [6.45, 7) is 5.99. The van der Waals surface area contributed by atoms with Crippen LogP contribution in [0.15, 0.2) is 18.2 Å². The van der Waals surface area contributed by atoms with E-state index in [0.29, 0.717) is 5.56 Å². The van der Waals surface area contributed by atoms with E-state index < -0.39 is 6.10 Å². The third-order valence-corrected chi connectivity index (χ3v) is 2.72. The van der Waals surface area contributed by atoms with Crippen LogP contribution in [0.5, 0.6) is 5.75 Å². The summed E-state index contributed by atoms with van der Waals surface area (Å²) in [7, 11) is 0. The standard InChI is InChI=1S/C12H20N2O2/c1-3-14(4-2)9-5-6-10(11(15)7-9)12(16)8-13/h5-7,12,15-16H,3-4,8,13H2,1-2H3/t12-/m1/s1. The number of phenols is 1. The highest BCUT2D eigenvalue weighted by Crippen LogP contribution is 2.28. The van der Waals surface area contributed by atoms with Crippen molar-refractivity contribution in [2.24, 2.45) is 5.73 Å². The first kappa shape index (κ1) is 12.8. The number of hydrogen-bond acceptors (Lipinski definition) is 4. The molecule has 4 N–H and O–H groups in total. The number of benzene rings is 1. The number of nitrogens with zero attached hydrogens (tertiary/aromatic N) is 1. The zero-order valence-corrected chi connectivity index (χ0v) is 9.85. The van der Waals surface area contributed by atoms with Crippen molar-refractivity contribution in [3.8, 4) is 5.75 Å². The van der Waals surface area contributed by atoms with Gasteiger partial charge >= 0.3 is 0 Å². The summed E-state index contributed by atoms with van der Waals surface area (Å²) >= 11 is 0. The molecule has 0 spiro atoms. The van der Waals surface area contributed by atoms with Gasteiger partial charge in [-0.25, -0.2) is 0 Å². The van der Waals surface area contributed by atoms with Gasteiger partial charge in [0.05, 0.1) is 6.10 Å². The summed E-state index contributed by atoms with van der Waals surface area (Å²) in [5, 5.41) is 19.3. The molecule has 0 aliphatic carbocycles. The average molecular weight is 224 g/mol. The molecule has 1 rings (SSSR count). The minimum Gasteiger partial charge on any atom is -0.507 e. The van der Waals surface area contributed by atoms with E-state index in [1.165, 1.54) is 0 Å².